The standard InChI is InChI=1S/C19H21ClN4OS.ClH/c1-12-16-10-17(18(25)22-15-6-8-21-9-7-15)26-19(16)24(23-12)11-13-2-4-14(20)5-3-13;/h2-5,10,15,21H,6-9,11H2,1H3,(H,22,25);1H. The normalized spacial score (nSPS) is 14.9. The van der Waals surface area contributed by atoms with Gasteiger partial charge in [0.15, 0.2) is 0 Å². The fraction of sp³-hybridized carbons (Fsp3) is 0.368. The van der Waals surface area contributed by atoms with Crippen LogP contribution in [0.4, 0.5) is 0 Å². The minimum absolute atomic E-state index is 0. The molecule has 0 saturated carbocycles. The second kappa shape index (κ2) is 8.61. The number of aryl methyl sites for hydroxylation is 1. The Kier molecular flexibility index (Phi) is 6.42. The monoisotopic (exact) mass is 424 g/mol. The number of thiophene rings is 1. The Morgan fingerprint density at radius 2 is 2.04 bits per heavy atom. The Balaban J connectivity index is 0.00000210. The van der Waals surface area contributed by atoms with Gasteiger partial charge in [0.05, 0.1) is 17.1 Å². The molecule has 8 heteroatoms. The van der Waals surface area contributed by atoms with E-state index in [0.29, 0.717) is 6.54 Å². The van der Waals surface area contributed by atoms with Gasteiger partial charge in [-0.15, -0.1) is 23.7 Å². The summed E-state index contributed by atoms with van der Waals surface area (Å²) in [7, 11) is 0. The number of hydrogen-bond acceptors (Lipinski definition) is 4. The SMILES string of the molecule is Cc1nn(Cc2ccc(Cl)cc2)c2sc(C(=O)NC3CCNCC3)cc12.Cl. The maximum Gasteiger partial charge on any atom is 0.261 e. The van der Waals surface area contributed by atoms with E-state index in [1.54, 1.807) is 0 Å². The van der Waals surface area contributed by atoms with Crippen LogP contribution in [0.5, 0.6) is 0 Å². The Bertz CT molecular complexity index is 929. The fourth-order valence-corrected chi connectivity index (χ4v) is 4.51. The summed E-state index contributed by atoms with van der Waals surface area (Å²) in [5.41, 5.74) is 2.08. The number of rotatable bonds is 4. The van der Waals surface area contributed by atoms with Crippen LogP contribution in [0.25, 0.3) is 10.2 Å². The molecule has 1 aliphatic rings. The molecule has 0 aliphatic carbocycles. The van der Waals surface area contributed by atoms with Gasteiger partial charge < -0.3 is 10.6 Å². The number of nitrogens with zero attached hydrogens (tertiary/aromatic N) is 2. The summed E-state index contributed by atoms with van der Waals surface area (Å²) in [6.07, 6.45) is 1.97. The number of carbonyl (C=O) groups is 1. The highest BCUT2D eigenvalue weighted by Crippen LogP contribution is 2.29. The smallest absolute Gasteiger partial charge is 0.261 e. The molecule has 144 valence electrons. The fourth-order valence-electron chi connectivity index (χ4n) is 3.32. The van der Waals surface area contributed by atoms with Gasteiger partial charge in [0.1, 0.15) is 4.83 Å². The molecule has 0 unspecified atom stereocenters. The first-order valence-corrected chi connectivity index (χ1v) is 10.0. The average molecular weight is 425 g/mol. The zero-order chi connectivity index (χ0) is 18.1. The Morgan fingerprint density at radius 3 is 2.74 bits per heavy atom. The minimum Gasteiger partial charge on any atom is -0.349 e. The summed E-state index contributed by atoms with van der Waals surface area (Å²) in [4.78, 5) is 14.4. The van der Waals surface area contributed by atoms with E-state index in [0.717, 1.165) is 57.3 Å². The van der Waals surface area contributed by atoms with Crippen LogP contribution in [0, 0.1) is 6.92 Å². The quantitative estimate of drug-likeness (QED) is 0.664. The van der Waals surface area contributed by atoms with Crippen LogP contribution < -0.4 is 10.6 Å². The van der Waals surface area contributed by atoms with Crippen LogP contribution >= 0.6 is 35.3 Å². The van der Waals surface area contributed by atoms with E-state index in [4.69, 9.17) is 11.6 Å². The third-order valence-electron chi connectivity index (χ3n) is 4.75. The van der Waals surface area contributed by atoms with E-state index < -0.39 is 0 Å². The average Bonchev–Trinajstić information content (AvgIpc) is 3.20. The molecule has 0 radical (unpaired) electrons. The van der Waals surface area contributed by atoms with Crippen LogP contribution in [0.15, 0.2) is 30.3 Å². The Labute approximate surface area is 173 Å². The lowest BCUT2D eigenvalue weighted by molar-refractivity contribution is 0.0934. The van der Waals surface area contributed by atoms with Crippen molar-refractivity contribution in [1.29, 1.82) is 0 Å². The van der Waals surface area contributed by atoms with Crippen molar-refractivity contribution in [3.05, 3.63) is 51.5 Å². The molecular formula is C19H22Cl2N4OS. The molecule has 0 bridgehead atoms. The van der Waals surface area contributed by atoms with Gasteiger partial charge in [-0.3, -0.25) is 9.48 Å². The molecule has 1 amide bonds. The molecule has 3 aromatic rings. The van der Waals surface area contributed by atoms with Gasteiger partial charge in [0, 0.05) is 16.5 Å². The van der Waals surface area contributed by atoms with Crippen molar-refractivity contribution >= 4 is 51.5 Å². The van der Waals surface area contributed by atoms with Gasteiger partial charge in [-0.2, -0.15) is 5.10 Å². The number of hydrogen-bond donors (Lipinski definition) is 2. The van der Waals surface area contributed by atoms with E-state index in [1.807, 2.05) is 41.9 Å². The van der Waals surface area contributed by atoms with Gasteiger partial charge in [0.25, 0.3) is 5.91 Å². The third-order valence-corrected chi connectivity index (χ3v) is 6.15. The second-order valence-electron chi connectivity index (χ2n) is 6.70. The number of benzene rings is 1. The van der Waals surface area contributed by atoms with E-state index in [9.17, 15) is 4.79 Å². The van der Waals surface area contributed by atoms with Crippen LogP contribution in [0.3, 0.4) is 0 Å². The zero-order valence-corrected chi connectivity index (χ0v) is 17.4. The maximum absolute atomic E-state index is 12.6. The lowest BCUT2D eigenvalue weighted by Crippen LogP contribution is -2.42. The lowest BCUT2D eigenvalue weighted by atomic mass is 10.1. The molecule has 0 spiro atoms. The van der Waals surface area contributed by atoms with Crippen molar-refractivity contribution in [2.45, 2.75) is 32.4 Å². The summed E-state index contributed by atoms with van der Waals surface area (Å²) < 4.78 is 1.97. The summed E-state index contributed by atoms with van der Waals surface area (Å²) >= 11 is 7.47. The van der Waals surface area contributed by atoms with E-state index in [2.05, 4.69) is 15.7 Å². The van der Waals surface area contributed by atoms with Gasteiger partial charge in [-0.1, -0.05) is 23.7 Å². The molecule has 1 fully saturated rings. The van der Waals surface area contributed by atoms with Gasteiger partial charge in [0.2, 0.25) is 0 Å². The van der Waals surface area contributed by atoms with E-state index >= 15 is 0 Å². The first-order chi connectivity index (χ1) is 12.6. The minimum atomic E-state index is 0. The van der Waals surface area contributed by atoms with E-state index in [-0.39, 0.29) is 24.4 Å². The molecule has 0 atom stereocenters. The molecule has 3 heterocycles. The third kappa shape index (κ3) is 4.46. The molecule has 1 aliphatic heterocycles. The Hall–Kier alpha value is -1.60. The molecule has 27 heavy (non-hydrogen) atoms. The lowest BCUT2D eigenvalue weighted by Gasteiger charge is -2.23. The van der Waals surface area contributed by atoms with Crippen molar-refractivity contribution in [1.82, 2.24) is 20.4 Å². The van der Waals surface area contributed by atoms with Gasteiger partial charge in [-0.25, -0.2) is 0 Å². The second-order valence-corrected chi connectivity index (χ2v) is 8.16. The topological polar surface area (TPSA) is 59.0 Å². The number of halogens is 2. The van der Waals surface area contributed by atoms with Crippen LogP contribution in [0.2, 0.25) is 5.02 Å². The van der Waals surface area contributed by atoms with E-state index in [1.165, 1.54) is 11.3 Å². The van der Waals surface area contributed by atoms with Crippen LogP contribution in [-0.2, 0) is 6.54 Å². The van der Waals surface area contributed by atoms with Crippen molar-refractivity contribution in [2.24, 2.45) is 0 Å². The maximum atomic E-state index is 12.6. The van der Waals surface area contributed by atoms with Crippen molar-refractivity contribution in [2.75, 3.05) is 13.1 Å². The van der Waals surface area contributed by atoms with Gasteiger partial charge >= 0.3 is 0 Å². The zero-order valence-electron chi connectivity index (χ0n) is 15.0. The molecule has 2 N–H and O–H groups in total. The van der Waals surface area contributed by atoms with Crippen molar-refractivity contribution < 1.29 is 4.79 Å². The molecule has 2 aromatic heterocycles. The predicted molar refractivity (Wildman–Crippen MR) is 114 cm³/mol. The molecule has 1 aromatic carbocycles. The number of carbonyl (C=O) groups excluding carboxylic acids is 1. The number of fused-ring (bicyclic) bond motifs is 1. The molecule has 5 nitrogen and oxygen atoms in total. The highest BCUT2D eigenvalue weighted by molar-refractivity contribution is 7.20. The number of piperidine rings is 1. The first-order valence-electron chi connectivity index (χ1n) is 8.83. The van der Waals surface area contributed by atoms with Crippen LogP contribution in [-0.4, -0.2) is 34.8 Å². The number of aromatic nitrogens is 2. The first kappa shape index (κ1) is 20.1. The summed E-state index contributed by atoms with van der Waals surface area (Å²) in [5.74, 6) is 0.0237. The highest BCUT2D eigenvalue weighted by Gasteiger charge is 2.20. The van der Waals surface area contributed by atoms with Crippen LogP contribution in [0.1, 0.15) is 33.8 Å². The summed E-state index contributed by atoms with van der Waals surface area (Å²) in [6, 6.07) is 10.0. The largest absolute Gasteiger partial charge is 0.349 e. The predicted octanol–water partition coefficient (Wildman–Crippen LogP) is 4.01. The van der Waals surface area contributed by atoms with Gasteiger partial charge in [-0.05, 0) is 56.6 Å². The number of amides is 1. The molecule has 4 rings (SSSR count). The summed E-state index contributed by atoms with van der Waals surface area (Å²) in [5, 5.41) is 12.9. The molecule has 1 saturated heterocycles. The Morgan fingerprint density at radius 1 is 1.33 bits per heavy atom. The van der Waals surface area contributed by atoms with Crippen molar-refractivity contribution in [3.8, 4) is 0 Å². The highest BCUT2D eigenvalue weighted by atomic mass is 35.5. The molecular weight excluding hydrogens is 403 g/mol. The van der Waals surface area contributed by atoms with Crippen molar-refractivity contribution in [3.63, 3.8) is 0 Å². The summed E-state index contributed by atoms with van der Waals surface area (Å²) in [6.45, 7) is 4.58. The number of nitrogens with one attached hydrogen (secondary N) is 2.